The molecule has 4 rings (SSSR count). The molecule has 5 nitrogen and oxygen atoms in total. The molecule has 2 bridgehead atoms. The van der Waals surface area contributed by atoms with Gasteiger partial charge in [0.15, 0.2) is 11.5 Å². The summed E-state index contributed by atoms with van der Waals surface area (Å²) >= 11 is 12.2. The number of nitrogens with zero attached hydrogens (tertiary/aromatic N) is 1. The first-order chi connectivity index (χ1) is 13.0. The van der Waals surface area contributed by atoms with Gasteiger partial charge in [-0.1, -0.05) is 23.2 Å². The fraction of sp³-hybridized carbons (Fsp3) is 0.400. The van der Waals surface area contributed by atoms with Crippen molar-refractivity contribution in [2.24, 2.45) is 11.8 Å². The number of nitrogens with one attached hydrogen (secondary N) is 1. The van der Waals surface area contributed by atoms with Crippen LogP contribution in [0.3, 0.4) is 0 Å². The van der Waals surface area contributed by atoms with Crippen LogP contribution in [0.2, 0.25) is 10.0 Å². The van der Waals surface area contributed by atoms with Crippen molar-refractivity contribution in [1.82, 2.24) is 4.98 Å². The van der Waals surface area contributed by atoms with Crippen LogP contribution in [0, 0.1) is 11.8 Å². The molecular formula is C20H20Cl2N2O3. The molecule has 142 valence electrons. The van der Waals surface area contributed by atoms with E-state index < -0.39 is 0 Å². The highest BCUT2D eigenvalue weighted by molar-refractivity contribution is 6.39. The number of hydrogen-bond acceptors (Lipinski definition) is 4. The second kappa shape index (κ2) is 7.56. The highest BCUT2D eigenvalue weighted by atomic mass is 35.5. The maximum Gasteiger partial charge on any atom is 0.255 e. The molecule has 0 saturated heterocycles. The van der Waals surface area contributed by atoms with Gasteiger partial charge in [0.25, 0.3) is 5.91 Å². The van der Waals surface area contributed by atoms with Gasteiger partial charge in [-0.15, -0.1) is 0 Å². The normalized spacial score (nSPS) is 23.3. The van der Waals surface area contributed by atoms with E-state index in [9.17, 15) is 4.79 Å². The Balaban J connectivity index is 1.55. The number of aromatic nitrogens is 1. The standard InChI is InChI=1S/C20H20Cl2N2O3/c1-26-16-5-4-13(20(25)24-19-14(21)9-23-10-15(19)22)8-18(16)27-17-7-11-2-3-12(17)6-11/h4-5,8-12,17H,2-3,6-7H2,1H3,(H,23,24,25)/t11-,12+,17+/m1/s1. The van der Waals surface area contributed by atoms with E-state index in [1.807, 2.05) is 0 Å². The fourth-order valence-electron chi connectivity index (χ4n) is 4.12. The molecule has 0 radical (unpaired) electrons. The Morgan fingerprint density at radius 3 is 2.56 bits per heavy atom. The van der Waals surface area contributed by atoms with Crippen molar-refractivity contribution in [3.8, 4) is 11.5 Å². The van der Waals surface area contributed by atoms with Gasteiger partial charge in [-0.05, 0) is 55.7 Å². The van der Waals surface area contributed by atoms with Crippen LogP contribution < -0.4 is 14.8 Å². The van der Waals surface area contributed by atoms with Gasteiger partial charge in [-0.25, -0.2) is 0 Å². The van der Waals surface area contributed by atoms with Crippen LogP contribution in [-0.2, 0) is 0 Å². The smallest absolute Gasteiger partial charge is 0.255 e. The minimum atomic E-state index is -0.328. The second-order valence-electron chi connectivity index (χ2n) is 7.13. The zero-order chi connectivity index (χ0) is 19.0. The Hall–Kier alpha value is -1.98. The molecule has 2 aromatic rings. The van der Waals surface area contributed by atoms with Crippen molar-refractivity contribution >= 4 is 34.8 Å². The number of carbonyl (C=O) groups excluding carboxylic acids is 1. The summed E-state index contributed by atoms with van der Waals surface area (Å²) in [4.78, 5) is 16.6. The van der Waals surface area contributed by atoms with Gasteiger partial charge in [-0.3, -0.25) is 9.78 Å². The number of ether oxygens (including phenoxy) is 2. The lowest BCUT2D eigenvalue weighted by atomic mass is 9.97. The van der Waals surface area contributed by atoms with Crippen molar-refractivity contribution < 1.29 is 14.3 Å². The largest absolute Gasteiger partial charge is 0.493 e. The van der Waals surface area contributed by atoms with E-state index in [0.29, 0.717) is 28.7 Å². The summed E-state index contributed by atoms with van der Waals surface area (Å²) in [5.41, 5.74) is 0.780. The van der Waals surface area contributed by atoms with Crippen LogP contribution in [0.1, 0.15) is 36.0 Å². The summed E-state index contributed by atoms with van der Waals surface area (Å²) in [6.07, 6.45) is 7.90. The zero-order valence-corrected chi connectivity index (χ0v) is 16.4. The Labute approximate surface area is 168 Å². The van der Waals surface area contributed by atoms with E-state index >= 15 is 0 Å². The van der Waals surface area contributed by atoms with Crippen LogP contribution in [0.15, 0.2) is 30.6 Å². The number of pyridine rings is 1. The second-order valence-corrected chi connectivity index (χ2v) is 7.94. The molecule has 27 heavy (non-hydrogen) atoms. The Morgan fingerprint density at radius 1 is 1.15 bits per heavy atom. The molecule has 1 amide bonds. The lowest BCUT2D eigenvalue weighted by Gasteiger charge is -2.24. The Morgan fingerprint density at radius 2 is 1.93 bits per heavy atom. The number of hydrogen-bond donors (Lipinski definition) is 1. The zero-order valence-electron chi connectivity index (χ0n) is 14.9. The summed E-state index contributed by atoms with van der Waals surface area (Å²) in [5.74, 6) is 2.26. The third kappa shape index (κ3) is 3.71. The monoisotopic (exact) mass is 406 g/mol. The predicted octanol–water partition coefficient (Wildman–Crippen LogP) is 5.22. The molecule has 2 aliphatic rings. The average molecular weight is 407 g/mol. The molecule has 0 aliphatic heterocycles. The first kappa shape index (κ1) is 18.4. The SMILES string of the molecule is COc1ccc(C(=O)Nc2c(Cl)cncc2Cl)cc1O[C@H]1C[C@@H]2CC[C@H]1C2. The highest BCUT2D eigenvalue weighted by Crippen LogP contribution is 2.47. The first-order valence-electron chi connectivity index (χ1n) is 9.00. The molecule has 3 atom stereocenters. The van der Waals surface area contributed by atoms with E-state index in [-0.39, 0.29) is 22.1 Å². The number of benzene rings is 1. The van der Waals surface area contributed by atoms with Gasteiger partial charge >= 0.3 is 0 Å². The number of anilines is 1. The molecule has 1 N–H and O–H groups in total. The van der Waals surface area contributed by atoms with E-state index in [1.54, 1.807) is 25.3 Å². The molecule has 7 heteroatoms. The summed E-state index contributed by atoms with van der Waals surface area (Å²) in [7, 11) is 1.60. The van der Waals surface area contributed by atoms with Crippen molar-refractivity contribution in [2.75, 3.05) is 12.4 Å². The molecule has 1 aromatic heterocycles. The van der Waals surface area contributed by atoms with Gasteiger partial charge in [0.2, 0.25) is 0 Å². The molecule has 1 aromatic carbocycles. The average Bonchev–Trinajstić information content (AvgIpc) is 3.28. The van der Waals surface area contributed by atoms with Crippen molar-refractivity contribution in [3.63, 3.8) is 0 Å². The fourth-order valence-corrected chi connectivity index (χ4v) is 4.58. The lowest BCUT2D eigenvalue weighted by molar-refractivity contribution is 0.102. The summed E-state index contributed by atoms with van der Waals surface area (Å²) < 4.78 is 11.7. The molecule has 0 spiro atoms. The van der Waals surface area contributed by atoms with Crippen LogP contribution in [0.5, 0.6) is 11.5 Å². The summed E-state index contributed by atoms with van der Waals surface area (Å²) in [6, 6.07) is 5.14. The number of fused-ring (bicyclic) bond motifs is 2. The van der Waals surface area contributed by atoms with Crippen molar-refractivity contribution in [3.05, 3.63) is 46.2 Å². The lowest BCUT2D eigenvalue weighted by Crippen LogP contribution is -2.24. The Kier molecular flexibility index (Phi) is 5.15. The molecule has 1 heterocycles. The van der Waals surface area contributed by atoms with Gasteiger partial charge < -0.3 is 14.8 Å². The van der Waals surface area contributed by atoms with Crippen LogP contribution in [0.25, 0.3) is 0 Å². The summed E-state index contributed by atoms with van der Waals surface area (Å²) in [6.45, 7) is 0. The molecule has 2 aliphatic carbocycles. The number of methoxy groups -OCH3 is 1. The number of rotatable bonds is 5. The van der Waals surface area contributed by atoms with E-state index in [1.165, 1.54) is 31.7 Å². The quantitative estimate of drug-likeness (QED) is 0.739. The van der Waals surface area contributed by atoms with Crippen molar-refractivity contribution in [2.45, 2.75) is 31.8 Å². The van der Waals surface area contributed by atoms with Crippen molar-refractivity contribution in [1.29, 1.82) is 0 Å². The third-order valence-corrected chi connectivity index (χ3v) is 6.04. The van der Waals surface area contributed by atoms with Gasteiger partial charge in [0.1, 0.15) is 6.10 Å². The molecule has 2 saturated carbocycles. The maximum atomic E-state index is 12.7. The van der Waals surface area contributed by atoms with E-state index in [2.05, 4.69) is 10.3 Å². The minimum absolute atomic E-state index is 0.194. The minimum Gasteiger partial charge on any atom is -0.493 e. The van der Waals surface area contributed by atoms with Crippen LogP contribution >= 0.6 is 23.2 Å². The maximum absolute atomic E-state index is 12.7. The molecule has 0 unspecified atom stereocenters. The number of carbonyl (C=O) groups is 1. The Bertz CT molecular complexity index is 854. The van der Waals surface area contributed by atoms with Crippen LogP contribution in [0.4, 0.5) is 5.69 Å². The third-order valence-electron chi connectivity index (χ3n) is 5.47. The van der Waals surface area contributed by atoms with E-state index in [0.717, 1.165) is 12.3 Å². The van der Waals surface area contributed by atoms with E-state index in [4.69, 9.17) is 32.7 Å². The topological polar surface area (TPSA) is 60.5 Å². The summed E-state index contributed by atoms with van der Waals surface area (Å²) in [5, 5.41) is 3.30. The van der Waals surface area contributed by atoms with Crippen LogP contribution in [-0.4, -0.2) is 24.1 Å². The van der Waals surface area contributed by atoms with Gasteiger partial charge in [-0.2, -0.15) is 0 Å². The number of halogens is 2. The number of amides is 1. The van der Waals surface area contributed by atoms with Gasteiger partial charge in [0.05, 0.1) is 22.8 Å². The first-order valence-corrected chi connectivity index (χ1v) is 9.75. The predicted molar refractivity (Wildman–Crippen MR) is 105 cm³/mol. The van der Waals surface area contributed by atoms with Gasteiger partial charge in [0, 0.05) is 18.0 Å². The highest BCUT2D eigenvalue weighted by Gasteiger charge is 2.41. The molecular weight excluding hydrogens is 387 g/mol. The molecule has 2 fully saturated rings.